The monoisotopic (exact) mass is 203 g/mol. The van der Waals surface area contributed by atoms with E-state index in [0.717, 1.165) is 19.7 Å². The topological polar surface area (TPSA) is 59.8 Å². The summed E-state index contributed by atoms with van der Waals surface area (Å²) in [6, 6.07) is 0.0812. The van der Waals surface area contributed by atoms with Crippen LogP contribution >= 0.6 is 0 Å². The molecular weight excluding hydrogens is 182 g/mol. The highest BCUT2D eigenvalue weighted by Gasteiger charge is 2.25. The van der Waals surface area contributed by atoms with E-state index in [-0.39, 0.29) is 12.1 Å². The molecule has 0 aliphatic carbocycles. The Hall–Kier alpha value is -0.200. The van der Waals surface area contributed by atoms with Crippen LogP contribution in [0.25, 0.3) is 0 Å². The number of hydrazine groups is 1. The standard InChI is InChI=1S/C9H21N3O2/c1-3-13-7-8(11-10)9-6-12(2)4-5-14-9/h8-9,11H,3-7,10H2,1-2H3. The van der Waals surface area contributed by atoms with E-state index in [1.165, 1.54) is 0 Å². The van der Waals surface area contributed by atoms with Crippen LogP contribution in [0.2, 0.25) is 0 Å². The van der Waals surface area contributed by atoms with Crippen molar-refractivity contribution in [2.24, 2.45) is 5.84 Å². The van der Waals surface area contributed by atoms with Gasteiger partial charge in [0.1, 0.15) is 0 Å². The molecule has 2 atom stereocenters. The van der Waals surface area contributed by atoms with Crippen molar-refractivity contribution in [3.8, 4) is 0 Å². The maximum atomic E-state index is 5.63. The van der Waals surface area contributed by atoms with Crippen molar-refractivity contribution < 1.29 is 9.47 Å². The molecule has 1 heterocycles. The van der Waals surface area contributed by atoms with Gasteiger partial charge < -0.3 is 14.4 Å². The number of nitrogens with one attached hydrogen (secondary N) is 1. The Morgan fingerprint density at radius 2 is 2.50 bits per heavy atom. The Balaban J connectivity index is 2.34. The fraction of sp³-hybridized carbons (Fsp3) is 1.00. The minimum atomic E-state index is 0.0812. The Bertz CT molecular complexity index is 157. The smallest absolute Gasteiger partial charge is 0.0891 e. The number of ether oxygens (including phenoxy) is 2. The lowest BCUT2D eigenvalue weighted by molar-refractivity contribution is -0.0542. The van der Waals surface area contributed by atoms with Crippen molar-refractivity contribution in [1.82, 2.24) is 10.3 Å². The van der Waals surface area contributed by atoms with Crippen LogP contribution < -0.4 is 11.3 Å². The maximum Gasteiger partial charge on any atom is 0.0891 e. The molecule has 14 heavy (non-hydrogen) atoms. The summed E-state index contributed by atoms with van der Waals surface area (Å²) >= 11 is 0. The largest absolute Gasteiger partial charge is 0.380 e. The molecule has 1 aliphatic rings. The molecule has 0 spiro atoms. The van der Waals surface area contributed by atoms with Gasteiger partial charge in [0, 0.05) is 19.7 Å². The highest BCUT2D eigenvalue weighted by Crippen LogP contribution is 2.07. The van der Waals surface area contributed by atoms with E-state index in [9.17, 15) is 0 Å². The maximum absolute atomic E-state index is 5.63. The van der Waals surface area contributed by atoms with Crippen molar-refractivity contribution in [2.75, 3.05) is 40.0 Å². The summed E-state index contributed by atoms with van der Waals surface area (Å²) in [6.45, 7) is 5.95. The zero-order chi connectivity index (χ0) is 10.4. The van der Waals surface area contributed by atoms with Crippen LogP contribution in [0.1, 0.15) is 6.92 Å². The molecule has 0 aromatic carbocycles. The number of hydrogen-bond donors (Lipinski definition) is 2. The number of hydrogen-bond acceptors (Lipinski definition) is 5. The second-order valence-corrected chi connectivity index (χ2v) is 3.60. The van der Waals surface area contributed by atoms with E-state index in [1.807, 2.05) is 6.92 Å². The SMILES string of the molecule is CCOCC(NN)C1CN(C)CCO1. The lowest BCUT2D eigenvalue weighted by Gasteiger charge is -2.34. The third-order valence-electron chi connectivity index (χ3n) is 2.46. The molecule has 0 radical (unpaired) electrons. The van der Waals surface area contributed by atoms with E-state index < -0.39 is 0 Å². The molecule has 0 aromatic rings. The van der Waals surface area contributed by atoms with Gasteiger partial charge in [0.15, 0.2) is 0 Å². The van der Waals surface area contributed by atoms with E-state index in [0.29, 0.717) is 13.2 Å². The Morgan fingerprint density at radius 1 is 1.71 bits per heavy atom. The van der Waals surface area contributed by atoms with Crippen molar-refractivity contribution >= 4 is 0 Å². The van der Waals surface area contributed by atoms with Gasteiger partial charge >= 0.3 is 0 Å². The van der Waals surface area contributed by atoms with Crippen LogP contribution in [-0.4, -0.2) is 57.0 Å². The summed E-state index contributed by atoms with van der Waals surface area (Å²) in [4.78, 5) is 2.24. The molecule has 5 nitrogen and oxygen atoms in total. The Morgan fingerprint density at radius 3 is 3.07 bits per heavy atom. The molecule has 0 saturated carbocycles. The van der Waals surface area contributed by atoms with Gasteiger partial charge in [0.25, 0.3) is 0 Å². The van der Waals surface area contributed by atoms with Crippen LogP contribution in [-0.2, 0) is 9.47 Å². The van der Waals surface area contributed by atoms with Gasteiger partial charge in [-0.3, -0.25) is 11.3 Å². The summed E-state index contributed by atoms with van der Waals surface area (Å²) in [5.74, 6) is 5.46. The summed E-state index contributed by atoms with van der Waals surface area (Å²) in [5, 5.41) is 0. The average Bonchev–Trinajstić information content (AvgIpc) is 2.19. The first kappa shape index (κ1) is 11.9. The van der Waals surface area contributed by atoms with Crippen LogP contribution in [0.3, 0.4) is 0 Å². The molecule has 1 aliphatic heterocycles. The average molecular weight is 203 g/mol. The van der Waals surface area contributed by atoms with Crippen molar-refractivity contribution in [1.29, 1.82) is 0 Å². The zero-order valence-corrected chi connectivity index (χ0v) is 9.03. The zero-order valence-electron chi connectivity index (χ0n) is 9.03. The molecule has 84 valence electrons. The summed E-state index contributed by atoms with van der Waals surface area (Å²) in [7, 11) is 2.09. The molecule has 1 rings (SSSR count). The fourth-order valence-corrected chi connectivity index (χ4v) is 1.56. The number of rotatable bonds is 5. The Kier molecular flexibility index (Phi) is 5.36. The number of nitrogens with two attached hydrogens (primary N) is 1. The first-order valence-corrected chi connectivity index (χ1v) is 5.12. The van der Waals surface area contributed by atoms with Crippen molar-refractivity contribution in [3.05, 3.63) is 0 Å². The van der Waals surface area contributed by atoms with Gasteiger partial charge in [-0.25, -0.2) is 0 Å². The van der Waals surface area contributed by atoms with Crippen LogP contribution in [0.15, 0.2) is 0 Å². The summed E-state index contributed by atoms with van der Waals surface area (Å²) < 4.78 is 11.0. The van der Waals surface area contributed by atoms with Crippen molar-refractivity contribution in [3.63, 3.8) is 0 Å². The van der Waals surface area contributed by atoms with E-state index in [4.69, 9.17) is 15.3 Å². The molecule has 0 bridgehead atoms. The number of likely N-dealkylation sites (N-methyl/N-ethyl adjacent to an activating group) is 1. The number of morpholine rings is 1. The summed E-state index contributed by atoms with van der Waals surface area (Å²) in [6.07, 6.45) is 0.130. The minimum Gasteiger partial charge on any atom is -0.380 e. The minimum absolute atomic E-state index is 0.0812. The second kappa shape index (κ2) is 6.31. The van der Waals surface area contributed by atoms with Gasteiger partial charge in [-0.2, -0.15) is 0 Å². The summed E-state index contributed by atoms with van der Waals surface area (Å²) in [5.41, 5.74) is 2.75. The third-order valence-corrected chi connectivity index (χ3v) is 2.46. The molecule has 5 heteroatoms. The third kappa shape index (κ3) is 3.51. The molecule has 0 amide bonds. The van der Waals surface area contributed by atoms with Crippen LogP contribution in [0.5, 0.6) is 0 Å². The highest BCUT2D eigenvalue weighted by atomic mass is 16.5. The van der Waals surface area contributed by atoms with Crippen LogP contribution in [0, 0.1) is 0 Å². The highest BCUT2D eigenvalue weighted by molar-refractivity contribution is 4.80. The van der Waals surface area contributed by atoms with Gasteiger partial charge in [-0.15, -0.1) is 0 Å². The quantitative estimate of drug-likeness (QED) is 0.452. The van der Waals surface area contributed by atoms with Gasteiger partial charge in [0.2, 0.25) is 0 Å². The predicted octanol–water partition coefficient (Wildman–Crippen LogP) is -0.815. The second-order valence-electron chi connectivity index (χ2n) is 3.60. The molecule has 1 fully saturated rings. The van der Waals surface area contributed by atoms with Gasteiger partial charge in [-0.05, 0) is 14.0 Å². The molecule has 3 N–H and O–H groups in total. The van der Waals surface area contributed by atoms with E-state index in [1.54, 1.807) is 0 Å². The first-order chi connectivity index (χ1) is 6.77. The van der Waals surface area contributed by atoms with Crippen LogP contribution in [0.4, 0.5) is 0 Å². The molecule has 1 saturated heterocycles. The fourth-order valence-electron chi connectivity index (χ4n) is 1.56. The van der Waals surface area contributed by atoms with Gasteiger partial charge in [0.05, 0.1) is 25.4 Å². The molecule has 2 unspecified atom stereocenters. The lowest BCUT2D eigenvalue weighted by atomic mass is 10.1. The molecular formula is C9H21N3O2. The first-order valence-electron chi connectivity index (χ1n) is 5.12. The normalized spacial score (nSPS) is 26.4. The van der Waals surface area contributed by atoms with Gasteiger partial charge in [-0.1, -0.05) is 0 Å². The number of nitrogens with zero attached hydrogens (tertiary/aromatic N) is 1. The predicted molar refractivity (Wildman–Crippen MR) is 54.8 cm³/mol. The lowest BCUT2D eigenvalue weighted by Crippen LogP contribution is -2.55. The Labute approximate surface area is 85.5 Å². The van der Waals surface area contributed by atoms with E-state index in [2.05, 4.69) is 17.4 Å². The molecule has 0 aromatic heterocycles. The van der Waals surface area contributed by atoms with Crippen molar-refractivity contribution in [2.45, 2.75) is 19.1 Å². The van der Waals surface area contributed by atoms with E-state index >= 15 is 0 Å².